The summed E-state index contributed by atoms with van der Waals surface area (Å²) in [5.41, 5.74) is 1.39. The third-order valence-corrected chi connectivity index (χ3v) is 5.47. The summed E-state index contributed by atoms with van der Waals surface area (Å²) in [4.78, 5) is 34.1. The molecule has 3 aromatic rings. The number of hydrogen-bond acceptors (Lipinski definition) is 9. The molecular weight excluding hydrogens is 540 g/mol. The third kappa shape index (κ3) is 14.7. The second kappa shape index (κ2) is 19.5. The minimum atomic E-state index is -0.348. The molecule has 0 heterocycles. The topological polar surface area (TPSA) is 140 Å². The van der Waals surface area contributed by atoms with Crippen molar-refractivity contribution in [1.29, 1.82) is 0 Å². The first-order chi connectivity index (χ1) is 20.0. The van der Waals surface area contributed by atoms with Crippen LogP contribution in [0.3, 0.4) is 0 Å². The molecular formula is C33H42O9. The van der Waals surface area contributed by atoms with Crippen LogP contribution < -0.4 is 0 Å². The fourth-order valence-electron chi connectivity index (χ4n) is 2.84. The van der Waals surface area contributed by atoms with Gasteiger partial charge in [-0.25, -0.2) is 14.4 Å². The zero-order valence-electron chi connectivity index (χ0n) is 24.9. The van der Waals surface area contributed by atoms with E-state index in [0.717, 1.165) is 19.3 Å². The van der Waals surface area contributed by atoms with Crippen LogP contribution in [0.15, 0.2) is 72.8 Å². The monoisotopic (exact) mass is 582 g/mol. The summed E-state index contributed by atoms with van der Waals surface area (Å²) in [5.74, 6) is -0.266. The fourth-order valence-corrected chi connectivity index (χ4v) is 2.84. The standard InChI is InChI=1S/3C11H14O3/c1-8(2)7-14-11(13)9-3-5-10(12)6-4-9;1-3-8(2)14-11(13)9-4-6-10(12)7-5-9;1-2-3-8-14-11(13)9-4-6-10(12)7-5-9/h3-6,8,12H,7H2,1-2H3;4-8,12H,3H2,1-2H3;4-7,12H,2-3,8H2,1H3. The molecule has 0 amide bonds. The lowest BCUT2D eigenvalue weighted by Gasteiger charge is -2.10. The Morgan fingerprint density at radius 3 is 1.36 bits per heavy atom. The molecule has 3 rings (SSSR count). The van der Waals surface area contributed by atoms with E-state index in [-0.39, 0.29) is 41.3 Å². The molecule has 0 spiro atoms. The lowest BCUT2D eigenvalue weighted by molar-refractivity contribution is 0.0333. The Morgan fingerprint density at radius 2 is 1.00 bits per heavy atom. The number of phenolic OH excluding ortho intramolecular Hbond substituents is 3. The highest BCUT2D eigenvalue weighted by Crippen LogP contribution is 2.13. The third-order valence-electron chi connectivity index (χ3n) is 5.47. The first-order valence-corrected chi connectivity index (χ1v) is 13.9. The van der Waals surface area contributed by atoms with Gasteiger partial charge < -0.3 is 29.5 Å². The van der Waals surface area contributed by atoms with E-state index >= 15 is 0 Å². The average Bonchev–Trinajstić information content (AvgIpc) is 2.97. The number of rotatable bonds is 10. The van der Waals surface area contributed by atoms with Crippen LogP contribution in [0.1, 0.15) is 85.0 Å². The number of carbonyl (C=O) groups is 3. The molecule has 0 bridgehead atoms. The van der Waals surface area contributed by atoms with Gasteiger partial charge in [0.1, 0.15) is 17.2 Å². The predicted octanol–water partition coefficient (Wildman–Crippen LogP) is 6.90. The van der Waals surface area contributed by atoms with Crippen LogP contribution in [0.5, 0.6) is 17.2 Å². The van der Waals surface area contributed by atoms with Crippen molar-refractivity contribution in [3.8, 4) is 17.2 Å². The predicted molar refractivity (Wildman–Crippen MR) is 160 cm³/mol. The molecule has 9 nitrogen and oxygen atoms in total. The Kier molecular flexibility index (Phi) is 16.5. The lowest BCUT2D eigenvalue weighted by Crippen LogP contribution is -2.13. The molecule has 1 atom stereocenters. The minimum absolute atomic E-state index is 0.0729. The molecule has 0 fully saturated rings. The second-order valence-electron chi connectivity index (χ2n) is 9.75. The SMILES string of the molecule is CC(C)COC(=O)c1ccc(O)cc1.CCC(C)OC(=O)c1ccc(O)cc1.CCCCOC(=O)c1ccc(O)cc1. The molecule has 0 saturated carbocycles. The number of ether oxygens (including phenoxy) is 3. The highest BCUT2D eigenvalue weighted by molar-refractivity contribution is 5.90. The zero-order chi connectivity index (χ0) is 31.5. The molecule has 0 saturated heterocycles. The van der Waals surface area contributed by atoms with Gasteiger partial charge in [0.05, 0.1) is 36.0 Å². The van der Waals surface area contributed by atoms with Crippen LogP contribution in [0.4, 0.5) is 0 Å². The van der Waals surface area contributed by atoms with Gasteiger partial charge in [-0.1, -0.05) is 34.1 Å². The quantitative estimate of drug-likeness (QED) is 0.132. The largest absolute Gasteiger partial charge is 0.508 e. The first kappa shape index (κ1) is 35.5. The number of benzene rings is 3. The summed E-state index contributed by atoms with van der Waals surface area (Å²) in [6.07, 6.45) is 2.60. The maximum atomic E-state index is 11.4. The summed E-state index contributed by atoms with van der Waals surface area (Å²) in [6, 6.07) is 18.1. The molecule has 0 aliphatic carbocycles. The molecule has 42 heavy (non-hydrogen) atoms. The van der Waals surface area contributed by atoms with Gasteiger partial charge in [-0.3, -0.25) is 0 Å². The van der Waals surface area contributed by atoms with E-state index in [1.807, 2.05) is 34.6 Å². The molecule has 0 aliphatic heterocycles. The number of hydrogen-bond donors (Lipinski definition) is 3. The highest BCUT2D eigenvalue weighted by Gasteiger charge is 2.10. The maximum absolute atomic E-state index is 11.4. The van der Waals surface area contributed by atoms with Crippen molar-refractivity contribution in [2.45, 2.75) is 60.0 Å². The second-order valence-corrected chi connectivity index (χ2v) is 9.75. The average molecular weight is 583 g/mol. The van der Waals surface area contributed by atoms with Crippen molar-refractivity contribution in [1.82, 2.24) is 0 Å². The van der Waals surface area contributed by atoms with Crippen molar-refractivity contribution in [2.75, 3.05) is 13.2 Å². The van der Waals surface area contributed by atoms with Gasteiger partial charge in [0.15, 0.2) is 0 Å². The normalized spacial score (nSPS) is 10.7. The number of unbranched alkanes of at least 4 members (excludes halogenated alkanes) is 1. The van der Waals surface area contributed by atoms with Crippen LogP contribution in [0, 0.1) is 5.92 Å². The summed E-state index contributed by atoms with van der Waals surface area (Å²) in [5, 5.41) is 27.0. The molecule has 0 radical (unpaired) electrons. The van der Waals surface area contributed by atoms with Crippen molar-refractivity contribution in [2.24, 2.45) is 5.92 Å². The van der Waals surface area contributed by atoms with Crippen molar-refractivity contribution < 1.29 is 43.9 Å². The highest BCUT2D eigenvalue weighted by atomic mass is 16.5. The fraction of sp³-hybridized carbons (Fsp3) is 0.364. The smallest absolute Gasteiger partial charge is 0.338 e. The van der Waals surface area contributed by atoms with E-state index in [2.05, 4.69) is 0 Å². The summed E-state index contributed by atoms with van der Waals surface area (Å²) in [6.45, 7) is 10.7. The summed E-state index contributed by atoms with van der Waals surface area (Å²) >= 11 is 0. The summed E-state index contributed by atoms with van der Waals surface area (Å²) in [7, 11) is 0. The van der Waals surface area contributed by atoms with Gasteiger partial charge in [-0.15, -0.1) is 0 Å². The van der Waals surface area contributed by atoms with Crippen LogP contribution in [-0.2, 0) is 14.2 Å². The minimum Gasteiger partial charge on any atom is -0.508 e. The molecule has 228 valence electrons. The van der Waals surface area contributed by atoms with Gasteiger partial charge in [0.25, 0.3) is 0 Å². The van der Waals surface area contributed by atoms with E-state index in [9.17, 15) is 14.4 Å². The van der Waals surface area contributed by atoms with Crippen molar-refractivity contribution >= 4 is 17.9 Å². The molecule has 9 heteroatoms. The Morgan fingerprint density at radius 1 is 0.619 bits per heavy atom. The van der Waals surface area contributed by atoms with Crippen LogP contribution in [-0.4, -0.2) is 52.5 Å². The Hall–Kier alpha value is -4.53. The maximum Gasteiger partial charge on any atom is 0.338 e. The van der Waals surface area contributed by atoms with Crippen LogP contribution >= 0.6 is 0 Å². The molecule has 0 aliphatic rings. The molecule has 3 aromatic carbocycles. The summed E-state index contributed by atoms with van der Waals surface area (Å²) < 4.78 is 15.1. The number of phenols is 3. The van der Waals surface area contributed by atoms with Crippen LogP contribution in [0.25, 0.3) is 0 Å². The van der Waals surface area contributed by atoms with E-state index in [1.165, 1.54) is 48.5 Å². The molecule has 0 aromatic heterocycles. The van der Waals surface area contributed by atoms with Crippen molar-refractivity contribution in [3.63, 3.8) is 0 Å². The number of carbonyl (C=O) groups excluding carboxylic acids is 3. The van der Waals surface area contributed by atoms with E-state index < -0.39 is 0 Å². The van der Waals surface area contributed by atoms with Crippen molar-refractivity contribution in [3.05, 3.63) is 89.5 Å². The number of aromatic hydroxyl groups is 3. The molecule has 1 unspecified atom stereocenters. The van der Waals surface area contributed by atoms with Gasteiger partial charge in [0.2, 0.25) is 0 Å². The first-order valence-electron chi connectivity index (χ1n) is 13.9. The Balaban J connectivity index is 0.000000315. The van der Waals surface area contributed by atoms with E-state index in [4.69, 9.17) is 29.5 Å². The number of esters is 3. The van der Waals surface area contributed by atoms with Gasteiger partial charge in [0, 0.05) is 0 Å². The zero-order valence-corrected chi connectivity index (χ0v) is 24.9. The molecule has 3 N–H and O–H groups in total. The Bertz CT molecular complexity index is 1200. The van der Waals surface area contributed by atoms with Crippen LogP contribution in [0.2, 0.25) is 0 Å². The van der Waals surface area contributed by atoms with Gasteiger partial charge in [-0.2, -0.15) is 0 Å². The van der Waals surface area contributed by atoms with Gasteiger partial charge >= 0.3 is 17.9 Å². The Labute approximate surface area is 247 Å². The lowest BCUT2D eigenvalue weighted by atomic mass is 10.2. The van der Waals surface area contributed by atoms with Gasteiger partial charge in [-0.05, 0) is 98.5 Å². The van der Waals surface area contributed by atoms with E-state index in [0.29, 0.717) is 35.8 Å². The van der Waals surface area contributed by atoms with E-state index in [1.54, 1.807) is 24.3 Å².